The summed E-state index contributed by atoms with van der Waals surface area (Å²) in [6, 6.07) is 1.49. The van der Waals surface area contributed by atoms with E-state index in [-0.39, 0.29) is 18.3 Å². The number of aromatic nitrogens is 1. The van der Waals surface area contributed by atoms with Gasteiger partial charge in [-0.05, 0) is 12.6 Å². The Kier molecular flexibility index (Phi) is 3.66. The fourth-order valence-corrected chi connectivity index (χ4v) is 1.28. The van der Waals surface area contributed by atoms with E-state index < -0.39 is 6.17 Å². The molecule has 1 heterocycles. The van der Waals surface area contributed by atoms with Crippen molar-refractivity contribution in [2.75, 3.05) is 12.3 Å². The van der Waals surface area contributed by atoms with Crippen LogP contribution in [0.25, 0.3) is 0 Å². The van der Waals surface area contributed by atoms with Crippen LogP contribution < -0.4 is 11.5 Å². The minimum absolute atomic E-state index is 0.169. The summed E-state index contributed by atoms with van der Waals surface area (Å²) in [5.74, 6) is -0.125. The third-order valence-corrected chi connectivity index (χ3v) is 2.29. The molecule has 0 amide bonds. The van der Waals surface area contributed by atoms with Crippen LogP contribution in [0.5, 0.6) is 0 Å². The highest BCUT2D eigenvalue weighted by Gasteiger charge is 2.20. The molecule has 1 aromatic rings. The largest absolute Gasteiger partial charge is 0.383 e. The predicted octanol–water partition coefficient (Wildman–Crippen LogP) is 1.92. The number of nitrogens with zero attached hydrogens (tertiary/aromatic N) is 1. The van der Waals surface area contributed by atoms with E-state index in [9.17, 15) is 4.39 Å². The Morgan fingerprint density at radius 3 is 2.86 bits per heavy atom. The first-order chi connectivity index (χ1) is 6.56. The quantitative estimate of drug-likeness (QED) is 0.813. The molecule has 0 radical (unpaired) electrons. The van der Waals surface area contributed by atoms with Crippen molar-refractivity contribution < 1.29 is 4.39 Å². The van der Waals surface area contributed by atoms with E-state index in [1.165, 1.54) is 12.3 Å². The average molecular weight is 218 g/mol. The number of pyridine rings is 1. The van der Waals surface area contributed by atoms with E-state index in [1.54, 1.807) is 6.92 Å². The molecule has 0 aliphatic carbocycles. The highest BCUT2D eigenvalue weighted by Crippen LogP contribution is 2.30. The molecule has 1 aromatic heterocycles. The summed E-state index contributed by atoms with van der Waals surface area (Å²) in [6.07, 6.45) is 0.173. The van der Waals surface area contributed by atoms with E-state index in [2.05, 4.69) is 4.98 Å². The molecular weight excluding hydrogens is 205 g/mol. The molecule has 0 bridgehead atoms. The summed E-state index contributed by atoms with van der Waals surface area (Å²) < 4.78 is 13.7. The molecule has 0 saturated heterocycles. The maximum absolute atomic E-state index is 13.7. The Bertz CT molecular complexity index is 319. The first-order valence-electron chi connectivity index (χ1n) is 4.31. The zero-order valence-corrected chi connectivity index (χ0v) is 8.63. The fraction of sp³-hybridized carbons (Fsp3) is 0.444. The Balaban J connectivity index is 2.99. The molecule has 0 aliphatic rings. The van der Waals surface area contributed by atoms with Gasteiger partial charge in [0.05, 0.1) is 5.02 Å². The molecule has 3 nitrogen and oxygen atoms in total. The molecule has 5 heteroatoms. The molecule has 0 spiro atoms. The number of alkyl halides is 1. The van der Waals surface area contributed by atoms with Crippen molar-refractivity contribution in [2.45, 2.75) is 13.1 Å². The lowest BCUT2D eigenvalue weighted by molar-refractivity contribution is 0.252. The van der Waals surface area contributed by atoms with E-state index in [4.69, 9.17) is 23.1 Å². The lowest BCUT2D eigenvalue weighted by Crippen LogP contribution is -2.17. The van der Waals surface area contributed by atoms with Crippen LogP contribution in [0.4, 0.5) is 10.2 Å². The molecule has 78 valence electrons. The van der Waals surface area contributed by atoms with Gasteiger partial charge in [-0.25, -0.2) is 9.37 Å². The first kappa shape index (κ1) is 11.2. The molecule has 0 aromatic carbocycles. The summed E-state index contributed by atoms with van der Waals surface area (Å²) in [5.41, 5.74) is 11.2. The highest BCUT2D eigenvalue weighted by atomic mass is 35.5. The van der Waals surface area contributed by atoms with Crippen molar-refractivity contribution in [1.29, 1.82) is 0 Å². The summed E-state index contributed by atoms with van der Waals surface area (Å²) in [4.78, 5) is 3.78. The summed E-state index contributed by atoms with van der Waals surface area (Å²) in [7, 11) is 0. The second-order valence-corrected chi connectivity index (χ2v) is 3.68. The predicted molar refractivity (Wildman–Crippen MR) is 55.7 cm³/mol. The molecule has 14 heavy (non-hydrogen) atoms. The van der Waals surface area contributed by atoms with Gasteiger partial charge in [0.1, 0.15) is 12.0 Å². The number of nitrogen functional groups attached to an aromatic ring is 1. The van der Waals surface area contributed by atoms with Crippen molar-refractivity contribution in [1.82, 2.24) is 4.98 Å². The van der Waals surface area contributed by atoms with E-state index >= 15 is 0 Å². The zero-order chi connectivity index (χ0) is 10.7. The van der Waals surface area contributed by atoms with E-state index in [0.717, 1.165) is 0 Å². The number of halogens is 2. The third-order valence-electron chi connectivity index (χ3n) is 2.08. The van der Waals surface area contributed by atoms with Gasteiger partial charge in [0.25, 0.3) is 0 Å². The Hall–Kier alpha value is -0.870. The molecular formula is C9H13ClFN3. The average Bonchev–Trinajstić information content (AvgIpc) is 2.19. The highest BCUT2D eigenvalue weighted by molar-refractivity contribution is 6.30. The summed E-state index contributed by atoms with van der Waals surface area (Å²) >= 11 is 5.69. The van der Waals surface area contributed by atoms with Gasteiger partial charge in [-0.15, -0.1) is 0 Å². The maximum atomic E-state index is 13.7. The van der Waals surface area contributed by atoms with Crippen LogP contribution in [0.3, 0.4) is 0 Å². The van der Waals surface area contributed by atoms with Crippen LogP contribution in [0.2, 0.25) is 5.02 Å². The second-order valence-electron chi connectivity index (χ2n) is 3.24. The normalized spacial score (nSPS) is 15.1. The summed E-state index contributed by atoms with van der Waals surface area (Å²) in [5, 5.41) is 0.376. The minimum Gasteiger partial charge on any atom is -0.383 e. The van der Waals surface area contributed by atoms with Crippen LogP contribution in [0.1, 0.15) is 18.7 Å². The minimum atomic E-state index is -1.22. The van der Waals surface area contributed by atoms with Crippen LogP contribution in [0, 0.1) is 5.92 Å². The lowest BCUT2D eigenvalue weighted by Gasteiger charge is -2.16. The van der Waals surface area contributed by atoms with Gasteiger partial charge >= 0.3 is 0 Å². The molecule has 4 N–H and O–H groups in total. The number of nitrogens with two attached hydrogens (primary N) is 2. The number of rotatable bonds is 3. The van der Waals surface area contributed by atoms with Crippen molar-refractivity contribution >= 4 is 17.4 Å². The maximum Gasteiger partial charge on any atom is 0.132 e. The Morgan fingerprint density at radius 1 is 1.64 bits per heavy atom. The standard InChI is InChI=1S/C9H13ClFN3/c1-5(3-12)8(11)7-2-6(10)4-14-9(7)13/h2,4-5,8H,3,12H2,1H3,(H2,13,14). The third kappa shape index (κ3) is 2.33. The number of hydrogen-bond donors (Lipinski definition) is 2. The molecule has 0 fully saturated rings. The second kappa shape index (κ2) is 4.57. The molecule has 2 atom stereocenters. The van der Waals surface area contributed by atoms with Crippen LogP contribution in [-0.2, 0) is 0 Å². The monoisotopic (exact) mass is 217 g/mol. The number of hydrogen-bond acceptors (Lipinski definition) is 3. The van der Waals surface area contributed by atoms with E-state index in [1.807, 2.05) is 0 Å². The molecule has 0 aliphatic heterocycles. The molecule has 2 unspecified atom stereocenters. The first-order valence-corrected chi connectivity index (χ1v) is 4.69. The van der Waals surface area contributed by atoms with Gasteiger partial charge in [0, 0.05) is 17.7 Å². The van der Waals surface area contributed by atoms with Crippen molar-refractivity contribution in [2.24, 2.45) is 11.7 Å². The van der Waals surface area contributed by atoms with Gasteiger partial charge in [-0.1, -0.05) is 18.5 Å². The van der Waals surface area contributed by atoms with Crippen molar-refractivity contribution in [3.8, 4) is 0 Å². The van der Waals surface area contributed by atoms with Crippen molar-refractivity contribution in [3.63, 3.8) is 0 Å². The van der Waals surface area contributed by atoms with Gasteiger partial charge in [0.2, 0.25) is 0 Å². The smallest absolute Gasteiger partial charge is 0.132 e. The van der Waals surface area contributed by atoms with Crippen molar-refractivity contribution in [3.05, 3.63) is 22.8 Å². The number of anilines is 1. The molecule has 0 saturated carbocycles. The van der Waals surface area contributed by atoms with E-state index in [0.29, 0.717) is 10.6 Å². The van der Waals surface area contributed by atoms with Gasteiger partial charge in [0.15, 0.2) is 0 Å². The van der Waals surface area contributed by atoms with Gasteiger partial charge < -0.3 is 11.5 Å². The molecule has 1 rings (SSSR count). The van der Waals surface area contributed by atoms with Crippen LogP contribution >= 0.6 is 11.6 Å². The van der Waals surface area contributed by atoms with Gasteiger partial charge in [-0.2, -0.15) is 0 Å². The SMILES string of the molecule is CC(CN)C(F)c1cc(Cl)cnc1N. The lowest BCUT2D eigenvalue weighted by atomic mass is 9.99. The Labute approximate surface area is 87.3 Å². The Morgan fingerprint density at radius 2 is 2.29 bits per heavy atom. The van der Waals surface area contributed by atoms with Crippen LogP contribution in [-0.4, -0.2) is 11.5 Å². The summed E-state index contributed by atoms with van der Waals surface area (Å²) in [6.45, 7) is 1.97. The zero-order valence-electron chi connectivity index (χ0n) is 7.87. The topological polar surface area (TPSA) is 64.9 Å². The van der Waals surface area contributed by atoms with Gasteiger partial charge in [-0.3, -0.25) is 0 Å². The van der Waals surface area contributed by atoms with Crippen LogP contribution in [0.15, 0.2) is 12.3 Å². The fourth-order valence-electron chi connectivity index (χ4n) is 1.11.